The first-order chi connectivity index (χ1) is 20.2. The van der Waals surface area contributed by atoms with Crippen molar-refractivity contribution >= 4 is 33.3 Å². The van der Waals surface area contributed by atoms with Crippen LogP contribution in [0.3, 0.4) is 0 Å². The van der Waals surface area contributed by atoms with Gasteiger partial charge in [-0.3, -0.25) is 19.2 Å². The molecule has 1 saturated heterocycles. The fraction of sp³-hybridized carbons (Fsp3) is 0.613. The van der Waals surface area contributed by atoms with Gasteiger partial charge in [-0.15, -0.1) is 0 Å². The van der Waals surface area contributed by atoms with E-state index in [0.29, 0.717) is 37.7 Å². The first-order valence-corrected chi connectivity index (χ1v) is 16.9. The highest BCUT2D eigenvalue weighted by Gasteiger charge is 2.50. The maximum absolute atomic E-state index is 13.7. The standard InChI is InChI=1S/C31H43N3O8S/c1-19(32-29(38)22-10-12-23(35)13-11-22)28(37)34-26(17-21-8-14-24(15-9-21)43(3,40)41)30(39)33-25(16-20-6-4-5-7-20)27(36)31(2)18-42-31/h6,8-9,14-15,19,22-23,25-26,35H,4-5,7,10-13,16-18H2,1-3H3,(H,32,38)(H,33,39)(H,34,37)/t19-,22-,23-,25+,26+,31-/m1/s1. The number of aliphatic hydroxyl groups is 1. The lowest BCUT2D eigenvalue weighted by molar-refractivity contribution is -0.134. The summed E-state index contributed by atoms with van der Waals surface area (Å²) in [5, 5.41) is 18.1. The largest absolute Gasteiger partial charge is 0.393 e. The number of hydrogen-bond acceptors (Lipinski definition) is 8. The molecule has 0 unspecified atom stereocenters. The molecule has 0 spiro atoms. The minimum absolute atomic E-state index is 0.0279. The minimum atomic E-state index is -3.42. The Hall–Kier alpha value is -3.09. The van der Waals surface area contributed by atoms with E-state index in [1.54, 1.807) is 19.1 Å². The van der Waals surface area contributed by atoms with Crippen molar-refractivity contribution in [2.75, 3.05) is 12.9 Å². The van der Waals surface area contributed by atoms with Crippen molar-refractivity contribution in [3.05, 3.63) is 41.5 Å². The molecule has 2 fully saturated rings. The van der Waals surface area contributed by atoms with E-state index in [9.17, 15) is 32.7 Å². The van der Waals surface area contributed by atoms with Gasteiger partial charge in [0.1, 0.15) is 17.7 Å². The molecule has 1 aromatic carbocycles. The van der Waals surface area contributed by atoms with E-state index in [-0.39, 0.29) is 35.5 Å². The van der Waals surface area contributed by atoms with Crippen molar-refractivity contribution in [1.29, 1.82) is 0 Å². The summed E-state index contributed by atoms with van der Waals surface area (Å²) in [6.07, 6.45) is 8.04. The number of nitrogens with one attached hydrogen (secondary N) is 3. The van der Waals surface area contributed by atoms with Crippen molar-refractivity contribution in [2.24, 2.45) is 5.92 Å². The Balaban J connectivity index is 1.49. The van der Waals surface area contributed by atoms with Crippen LogP contribution in [0.5, 0.6) is 0 Å². The molecule has 0 radical (unpaired) electrons. The first-order valence-electron chi connectivity index (χ1n) is 15.0. The zero-order chi connectivity index (χ0) is 31.4. The zero-order valence-electron chi connectivity index (χ0n) is 25.1. The molecular weight excluding hydrogens is 574 g/mol. The molecule has 4 rings (SSSR count). The molecule has 1 aliphatic heterocycles. The molecule has 43 heavy (non-hydrogen) atoms. The topological polar surface area (TPSA) is 171 Å². The molecular formula is C31H43N3O8S. The Morgan fingerprint density at radius 2 is 1.60 bits per heavy atom. The third kappa shape index (κ3) is 8.96. The predicted octanol–water partition coefficient (Wildman–Crippen LogP) is 1.52. The van der Waals surface area contributed by atoms with Crippen LogP contribution in [0.1, 0.15) is 70.8 Å². The van der Waals surface area contributed by atoms with E-state index in [2.05, 4.69) is 22.0 Å². The SMILES string of the molecule is C[C@@H](NC(=O)[C@H]1CC[C@H](O)CC1)C(=O)N[C@@H](Cc1ccc(S(C)(=O)=O)cc1)C(=O)N[C@@H](CC1=CCCC1)C(=O)[C@@]1(C)CO1. The summed E-state index contributed by atoms with van der Waals surface area (Å²) in [4.78, 5) is 53.2. The molecule has 3 aliphatic rings. The molecule has 236 valence electrons. The summed E-state index contributed by atoms with van der Waals surface area (Å²) in [5.41, 5.74) is 0.737. The van der Waals surface area contributed by atoms with Gasteiger partial charge in [-0.2, -0.15) is 0 Å². The summed E-state index contributed by atoms with van der Waals surface area (Å²) < 4.78 is 29.2. The summed E-state index contributed by atoms with van der Waals surface area (Å²) in [6, 6.07) is 3.15. The highest BCUT2D eigenvalue weighted by Crippen LogP contribution is 2.31. The van der Waals surface area contributed by atoms with Crippen LogP contribution in [-0.2, 0) is 40.2 Å². The van der Waals surface area contributed by atoms with Gasteiger partial charge in [0.15, 0.2) is 15.6 Å². The van der Waals surface area contributed by atoms with Gasteiger partial charge in [0, 0.05) is 18.6 Å². The Kier molecular flexibility index (Phi) is 10.4. The van der Waals surface area contributed by atoms with Gasteiger partial charge in [0.25, 0.3) is 0 Å². The normalized spacial score (nSPS) is 25.5. The Morgan fingerprint density at radius 3 is 2.16 bits per heavy atom. The molecule has 12 heteroatoms. The number of epoxide rings is 1. The Labute approximate surface area is 253 Å². The van der Waals surface area contributed by atoms with Crippen LogP contribution in [0.4, 0.5) is 0 Å². The number of rotatable bonds is 13. The third-order valence-corrected chi connectivity index (χ3v) is 9.71. The van der Waals surface area contributed by atoms with Crippen molar-refractivity contribution in [1.82, 2.24) is 16.0 Å². The number of carbonyl (C=O) groups excluding carboxylic acids is 4. The lowest BCUT2D eigenvalue weighted by Gasteiger charge is -2.27. The number of ether oxygens (including phenoxy) is 1. The van der Waals surface area contributed by atoms with Crippen LogP contribution in [0, 0.1) is 5.92 Å². The summed E-state index contributed by atoms with van der Waals surface area (Å²) in [5.74, 6) is -1.94. The summed E-state index contributed by atoms with van der Waals surface area (Å²) in [6.45, 7) is 3.50. The lowest BCUT2D eigenvalue weighted by atomic mass is 9.87. The van der Waals surface area contributed by atoms with Gasteiger partial charge in [-0.05, 0) is 82.9 Å². The second-order valence-electron chi connectivity index (χ2n) is 12.3. The van der Waals surface area contributed by atoms with Gasteiger partial charge < -0.3 is 25.8 Å². The lowest BCUT2D eigenvalue weighted by Crippen LogP contribution is -2.57. The van der Waals surface area contributed by atoms with Crippen LogP contribution >= 0.6 is 0 Å². The highest BCUT2D eigenvalue weighted by molar-refractivity contribution is 7.90. The van der Waals surface area contributed by atoms with E-state index in [1.807, 2.05) is 0 Å². The van der Waals surface area contributed by atoms with Crippen LogP contribution < -0.4 is 16.0 Å². The van der Waals surface area contributed by atoms with Gasteiger partial charge in [0.05, 0.1) is 23.6 Å². The molecule has 1 saturated carbocycles. The molecule has 4 N–H and O–H groups in total. The number of sulfone groups is 1. The van der Waals surface area contributed by atoms with E-state index in [4.69, 9.17) is 4.74 Å². The van der Waals surface area contributed by atoms with E-state index in [0.717, 1.165) is 31.1 Å². The smallest absolute Gasteiger partial charge is 0.243 e. The molecule has 1 aromatic rings. The van der Waals surface area contributed by atoms with Gasteiger partial charge in [-0.25, -0.2) is 8.42 Å². The zero-order valence-corrected chi connectivity index (χ0v) is 25.9. The van der Waals surface area contributed by atoms with Crippen molar-refractivity contribution in [3.8, 4) is 0 Å². The maximum Gasteiger partial charge on any atom is 0.243 e. The second-order valence-corrected chi connectivity index (χ2v) is 14.3. The highest BCUT2D eigenvalue weighted by atomic mass is 32.2. The number of benzene rings is 1. The fourth-order valence-electron chi connectivity index (χ4n) is 5.63. The minimum Gasteiger partial charge on any atom is -0.393 e. The molecule has 0 aromatic heterocycles. The number of allylic oxidation sites excluding steroid dienone is 1. The molecule has 1 heterocycles. The van der Waals surface area contributed by atoms with Gasteiger partial charge in [-0.1, -0.05) is 23.8 Å². The van der Waals surface area contributed by atoms with E-state index in [1.165, 1.54) is 19.1 Å². The summed E-state index contributed by atoms with van der Waals surface area (Å²) >= 11 is 0. The average Bonchev–Trinajstić information content (AvgIpc) is 3.50. The molecule has 3 amide bonds. The van der Waals surface area contributed by atoms with Gasteiger partial charge in [0.2, 0.25) is 17.7 Å². The van der Waals surface area contributed by atoms with Crippen molar-refractivity contribution in [2.45, 2.75) is 106 Å². The second kappa shape index (κ2) is 13.7. The Morgan fingerprint density at radius 1 is 0.977 bits per heavy atom. The van der Waals surface area contributed by atoms with Crippen LogP contribution in [0.15, 0.2) is 40.8 Å². The van der Waals surface area contributed by atoms with Crippen LogP contribution in [0.25, 0.3) is 0 Å². The number of Topliss-reactive ketones (excluding diaryl/α,β-unsaturated/α-hetero) is 1. The molecule has 0 bridgehead atoms. The third-order valence-electron chi connectivity index (χ3n) is 8.58. The number of carbonyl (C=O) groups is 4. The van der Waals surface area contributed by atoms with E-state index >= 15 is 0 Å². The van der Waals surface area contributed by atoms with Crippen LogP contribution in [-0.4, -0.2) is 79.7 Å². The quantitative estimate of drug-likeness (QED) is 0.191. The maximum atomic E-state index is 13.7. The first kappa shape index (κ1) is 32.8. The van der Waals surface area contributed by atoms with Crippen LogP contribution in [0.2, 0.25) is 0 Å². The Bertz CT molecular complexity index is 1350. The number of ketones is 1. The number of hydrogen-bond donors (Lipinski definition) is 4. The molecule has 4 atom stereocenters. The molecule has 11 nitrogen and oxygen atoms in total. The van der Waals surface area contributed by atoms with Gasteiger partial charge >= 0.3 is 0 Å². The molecule has 2 aliphatic carbocycles. The predicted molar refractivity (Wildman–Crippen MR) is 159 cm³/mol. The van der Waals surface area contributed by atoms with E-state index < -0.39 is 51.5 Å². The monoisotopic (exact) mass is 617 g/mol. The number of amides is 3. The summed E-state index contributed by atoms with van der Waals surface area (Å²) in [7, 11) is -3.42. The van der Waals surface area contributed by atoms with Crippen molar-refractivity contribution < 1.29 is 37.4 Å². The average molecular weight is 618 g/mol. The fourth-order valence-corrected chi connectivity index (χ4v) is 6.27. The van der Waals surface area contributed by atoms with Crippen molar-refractivity contribution in [3.63, 3.8) is 0 Å². The number of aliphatic hydroxyl groups excluding tert-OH is 1.